The van der Waals surface area contributed by atoms with Crippen LogP contribution < -0.4 is 4.72 Å². The molecule has 4 aromatic rings. The second-order valence-electron chi connectivity index (χ2n) is 9.77. The summed E-state index contributed by atoms with van der Waals surface area (Å²) in [4.78, 5) is 23.3. The number of carbonyl (C=O) groups excluding carboxylic acids is 1. The van der Waals surface area contributed by atoms with Crippen LogP contribution in [0.4, 0.5) is 10.6 Å². The molecule has 1 saturated heterocycles. The molecule has 4 heterocycles. The highest BCUT2D eigenvalue weighted by Crippen LogP contribution is 2.42. The van der Waals surface area contributed by atoms with Crippen molar-refractivity contribution in [1.29, 1.82) is 0 Å². The van der Waals surface area contributed by atoms with Gasteiger partial charge in [-0.3, -0.25) is 9.71 Å². The van der Waals surface area contributed by atoms with Crippen LogP contribution in [0.3, 0.4) is 0 Å². The maximum Gasteiger partial charge on any atom is 0.410 e. The first kappa shape index (κ1) is 24.4. The van der Waals surface area contributed by atoms with E-state index in [-0.39, 0.29) is 23.5 Å². The minimum atomic E-state index is -3.87. The lowest BCUT2D eigenvalue weighted by Gasteiger charge is -2.31. The normalized spacial score (nSPS) is 16.5. The number of rotatable bonds is 7. The van der Waals surface area contributed by atoms with E-state index in [0.29, 0.717) is 43.3 Å². The van der Waals surface area contributed by atoms with Crippen molar-refractivity contribution in [3.8, 4) is 0 Å². The van der Waals surface area contributed by atoms with Crippen LogP contribution >= 0.6 is 0 Å². The molecule has 0 radical (unpaired) electrons. The van der Waals surface area contributed by atoms with Crippen LogP contribution in [-0.2, 0) is 21.4 Å². The molecule has 196 valence electrons. The molecule has 3 aromatic heterocycles. The number of sulfonamides is 1. The number of benzene rings is 1. The molecule has 38 heavy (non-hydrogen) atoms. The molecule has 2 aliphatic rings. The van der Waals surface area contributed by atoms with Gasteiger partial charge in [-0.25, -0.2) is 18.2 Å². The molecular formula is C27H28N6O4S. The minimum absolute atomic E-state index is 0.0711. The van der Waals surface area contributed by atoms with Crippen molar-refractivity contribution in [2.45, 2.75) is 49.0 Å². The number of hydrogen-bond donors (Lipinski definition) is 1. The Kier molecular flexibility index (Phi) is 6.44. The lowest BCUT2D eigenvalue weighted by molar-refractivity contribution is 0.0868. The summed E-state index contributed by atoms with van der Waals surface area (Å²) in [5, 5.41) is 4.47. The van der Waals surface area contributed by atoms with Gasteiger partial charge in [0.2, 0.25) is 0 Å². The second-order valence-corrected chi connectivity index (χ2v) is 11.5. The van der Waals surface area contributed by atoms with Crippen molar-refractivity contribution in [3.05, 3.63) is 83.9 Å². The fourth-order valence-corrected chi connectivity index (χ4v) is 5.83. The first-order valence-corrected chi connectivity index (χ1v) is 14.2. The number of nitrogens with zero attached hydrogens (tertiary/aromatic N) is 5. The van der Waals surface area contributed by atoms with Crippen LogP contribution in [0, 0.1) is 0 Å². The molecule has 0 atom stereocenters. The molecule has 2 fully saturated rings. The number of nitrogens with one attached hydrogen (secondary N) is 1. The topological polar surface area (TPSA) is 119 Å². The number of hydrogen-bond acceptors (Lipinski definition) is 7. The zero-order valence-electron chi connectivity index (χ0n) is 20.7. The number of amides is 1. The Morgan fingerprint density at radius 2 is 1.79 bits per heavy atom. The summed E-state index contributed by atoms with van der Waals surface area (Å²) in [7, 11) is -3.87. The van der Waals surface area contributed by atoms with E-state index in [9.17, 15) is 13.2 Å². The smallest absolute Gasteiger partial charge is 0.410 e. The Labute approximate surface area is 220 Å². The van der Waals surface area contributed by atoms with Crippen LogP contribution in [0.5, 0.6) is 0 Å². The van der Waals surface area contributed by atoms with Crippen LogP contribution in [0.2, 0.25) is 0 Å². The number of piperidine rings is 1. The second kappa shape index (κ2) is 10.1. The predicted molar refractivity (Wildman–Crippen MR) is 140 cm³/mol. The van der Waals surface area contributed by atoms with Crippen molar-refractivity contribution >= 4 is 27.6 Å². The Balaban J connectivity index is 1.21. The van der Waals surface area contributed by atoms with E-state index in [1.165, 1.54) is 18.5 Å². The Bertz CT molecular complexity index is 1550. The molecule has 0 bridgehead atoms. The summed E-state index contributed by atoms with van der Waals surface area (Å²) in [6, 6.07) is 14.5. The molecule has 6 rings (SSSR count). The third kappa shape index (κ3) is 5.06. The van der Waals surface area contributed by atoms with Gasteiger partial charge in [-0.15, -0.1) is 0 Å². The first-order chi connectivity index (χ1) is 18.5. The van der Waals surface area contributed by atoms with Gasteiger partial charge in [0.25, 0.3) is 10.0 Å². The molecule has 11 heteroatoms. The molecule has 1 aliphatic carbocycles. The Morgan fingerprint density at radius 3 is 2.50 bits per heavy atom. The van der Waals surface area contributed by atoms with Gasteiger partial charge in [-0.1, -0.05) is 30.3 Å². The fourth-order valence-electron chi connectivity index (χ4n) is 4.83. The van der Waals surface area contributed by atoms with Gasteiger partial charge in [0, 0.05) is 48.7 Å². The van der Waals surface area contributed by atoms with Crippen LogP contribution in [-0.4, -0.2) is 52.1 Å². The van der Waals surface area contributed by atoms with Gasteiger partial charge in [-0.05, 0) is 49.3 Å². The van der Waals surface area contributed by atoms with E-state index >= 15 is 0 Å². The van der Waals surface area contributed by atoms with Gasteiger partial charge in [0.05, 0.1) is 6.20 Å². The lowest BCUT2D eigenvalue weighted by Crippen LogP contribution is -2.38. The number of aromatic nitrogens is 4. The minimum Gasteiger partial charge on any atom is -0.445 e. The maximum absolute atomic E-state index is 13.1. The lowest BCUT2D eigenvalue weighted by atomic mass is 9.93. The van der Waals surface area contributed by atoms with Crippen LogP contribution in [0.15, 0.2) is 72.0 Å². The molecule has 1 N–H and O–H groups in total. The fraction of sp³-hybridized carbons (Fsp3) is 0.333. The number of likely N-dealkylation sites (tertiary alicyclic amines) is 1. The molecule has 1 aromatic carbocycles. The van der Waals surface area contributed by atoms with Gasteiger partial charge in [-0.2, -0.15) is 9.61 Å². The molecule has 0 unspecified atom stereocenters. The third-order valence-electron chi connectivity index (χ3n) is 7.10. The molecule has 1 amide bonds. The van der Waals surface area contributed by atoms with Crippen molar-refractivity contribution in [3.63, 3.8) is 0 Å². The van der Waals surface area contributed by atoms with Crippen molar-refractivity contribution in [2.75, 3.05) is 17.8 Å². The van der Waals surface area contributed by atoms with Gasteiger partial charge >= 0.3 is 6.09 Å². The standard InChI is InChI=1S/C27H28N6O4S/c34-27(37-18-19-5-2-1-3-6-19)32-13-10-21(11-14-32)24-15-25(31-38(35,36)22-7-4-12-28-16-22)33-26(30-24)23(17-29-33)20-8-9-20/h1-7,12,15-17,20-21,31H,8-11,13-14,18H2. The van der Waals surface area contributed by atoms with E-state index < -0.39 is 10.0 Å². The van der Waals surface area contributed by atoms with Gasteiger partial charge < -0.3 is 9.64 Å². The van der Waals surface area contributed by atoms with E-state index in [1.807, 2.05) is 30.3 Å². The third-order valence-corrected chi connectivity index (χ3v) is 8.44. The largest absolute Gasteiger partial charge is 0.445 e. The van der Waals surface area contributed by atoms with Crippen molar-refractivity contribution in [1.82, 2.24) is 24.5 Å². The van der Waals surface area contributed by atoms with E-state index in [1.54, 1.807) is 27.7 Å². The van der Waals surface area contributed by atoms with Crippen LogP contribution in [0.25, 0.3) is 5.65 Å². The van der Waals surface area contributed by atoms with Gasteiger partial charge in [0.1, 0.15) is 17.3 Å². The zero-order valence-corrected chi connectivity index (χ0v) is 21.5. The summed E-state index contributed by atoms with van der Waals surface area (Å²) in [5.41, 5.74) is 3.46. The molecule has 10 nitrogen and oxygen atoms in total. The Morgan fingerprint density at radius 1 is 1.00 bits per heavy atom. The van der Waals surface area contributed by atoms with Crippen LogP contribution in [0.1, 0.15) is 54.3 Å². The number of ether oxygens (including phenoxy) is 1. The number of pyridine rings is 1. The summed E-state index contributed by atoms with van der Waals surface area (Å²) in [6.45, 7) is 1.32. The zero-order chi connectivity index (χ0) is 26.1. The number of carbonyl (C=O) groups is 1. The van der Waals surface area contributed by atoms with Crippen molar-refractivity contribution < 1.29 is 17.9 Å². The quantitative estimate of drug-likeness (QED) is 0.377. The average molecular weight is 533 g/mol. The number of anilines is 1. The van der Waals surface area contributed by atoms with Crippen molar-refractivity contribution in [2.24, 2.45) is 0 Å². The molecule has 1 saturated carbocycles. The van der Waals surface area contributed by atoms with E-state index in [0.717, 1.165) is 29.7 Å². The highest BCUT2D eigenvalue weighted by molar-refractivity contribution is 7.92. The summed E-state index contributed by atoms with van der Waals surface area (Å²) in [6.07, 6.45) is 7.86. The summed E-state index contributed by atoms with van der Waals surface area (Å²) >= 11 is 0. The highest BCUT2D eigenvalue weighted by atomic mass is 32.2. The molecular weight excluding hydrogens is 504 g/mol. The summed E-state index contributed by atoms with van der Waals surface area (Å²) < 4.78 is 36.0. The average Bonchev–Trinajstić information content (AvgIpc) is 3.71. The first-order valence-electron chi connectivity index (χ1n) is 12.7. The predicted octanol–water partition coefficient (Wildman–Crippen LogP) is 4.32. The molecule has 1 aliphatic heterocycles. The highest BCUT2D eigenvalue weighted by Gasteiger charge is 2.31. The molecule has 0 spiro atoms. The summed E-state index contributed by atoms with van der Waals surface area (Å²) in [5.74, 6) is 0.812. The Hall–Kier alpha value is -3.99. The van der Waals surface area contributed by atoms with E-state index in [4.69, 9.17) is 9.72 Å². The number of fused-ring (bicyclic) bond motifs is 1. The monoisotopic (exact) mass is 532 g/mol. The van der Waals surface area contributed by atoms with Gasteiger partial charge in [0.15, 0.2) is 5.65 Å². The van der Waals surface area contributed by atoms with E-state index in [2.05, 4.69) is 14.8 Å². The SMILES string of the molecule is O=C(OCc1ccccc1)N1CCC(c2cc(NS(=O)(=O)c3cccnc3)n3ncc(C4CC4)c3n2)CC1. The maximum atomic E-state index is 13.1.